The molecule has 0 aliphatic heterocycles. The van der Waals surface area contributed by atoms with Crippen LogP contribution >= 0.6 is 0 Å². The van der Waals surface area contributed by atoms with Crippen molar-refractivity contribution in [2.75, 3.05) is 12.4 Å². The van der Waals surface area contributed by atoms with Gasteiger partial charge in [-0.1, -0.05) is 13.3 Å². The Kier molecular flexibility index (Phi) is 2.66. The van der Waals surface area contributed by atoms with Crippen molar-refractivity contribution in [3.05, 3.63) is 17.3 Å². The fraction of sp³-hybridized carbons (Fsp3) is 0.636. The zero-order valence-corrected chi connectivity index (χ0v) is 8.88. The third kappa shape index (κ3) is 1.59. The smallest absolute Gasteiger partial charge is 0.148 e. The highest BCUT2D eigenvalue weighted by Crippen LogP contribution is 2.36. The van der Waals surface area contributed by atoms with Gasteiger partial charge in [0.1, 0.15) is 5.82 Å². The quantitative estimate of drug-likeness (QED) is 0.797. The first-order valence-corrected chi connectivity index (χ1v) is 5.39. The molecule has 1 aliphatic carbocycles. The normalized spacial score (nSPS) is 16.4. The van der Waals surface area contributed by atoms with Crippen molar-refractivity contribution in [2.45, 2.75) is 38.5 Å². The van der Waals surface area contributed by atoms with E-state index in [1.807, 2.05) is 7.05 Å². The molecule has 2 rings (SSSR count). The summed E-state index contributed by atoms with van der Waals surface area (Å²) >= 11 is 0. The summed E-state index contributed by atoms with van der Waals surface area (Å²) in [4.78, 5) is 0. The number of hydrogen-bond acceptors (Lipinski definition) is 3. The van der Waals surface area contributed by atoms with E-state index in [1.54, 1.807) is 0 Å². The Labute approximate surface area is 84.9 Å². The van der Waals surface area contributed by atoms with Gasteiger partial charge in [0.25, 0.3) is 0 Å². The van der Waals surface area contributed by atoms with Gasteiger partial charge < -0.3 is 5.32 Å². The molecule has 0 spiro atoms. The Morgan fingerprint density at radius 1 is 1.43 bits per heavy atom. The molecule has 1 aromatic heterocycles. The lowest BCUT2D eigenvalue weighted by Crippen LogP contribution is -2.14. The molecule has 0 atom stereocenters. The molecule has 1 aromatic rings. The van der Waals surface area contributed by atoms with E-state index in [4.69, 9.17) is 0 Å². The van der Waals surface area contributed by atoms with Crippen molar-refractivity contribution in [1.29, 1.82) is 0 Å². The lowest BCUT2D eigenvalue weighted by molar-refractivity contribution is 0.405. The van der Waals surface area contributed by atoms with E-state index in [0.717, 1.165) is 12.2 Å². The van der Waals surface area contributed by atoms with Crippen LogP contribution in [0.1, 0.15) is 43.4 Å². The molecule has 76 valence electrons. The fourth-order valence-corrected chi connectivity index (χ4v) is 1.87. The van der Waals surface area contributed by atoms with Crippen LogP contribution in [0.4, 0.5) is 5.82 Å². The summed E-state index contributed by atoms with van der Waals surface area (Å²) in [7, 11) is 1.88. The lowest BCUT2D eigenvalue weighted by Gasteiger charge is -2.26. The highest BCUT2D eigenvalue weighted by atomic mass is 15.2. The van der Waals surface area contributed by atoms with Gasteiger partial charge in [-0.25, -0.2) is 0 Å². The summed E-state index contributed by atoms with van der Waals surface area (Å²) in [6, 6.07) is 2.13. The van der Waals surface area contributed by atoms with Crippen LogP contribution in [0.25, 0.3) is 0 Å². The molecule has 1 aliphatic rings. The van der Waals surface area contributed by atoms with Crippen LogP contribution in [0.2, 0.25) is 0 Å². The van der Waals surface area contributed by atoms with Gasteiger partial charge in [0, 0.05) is 13.0 Å². The van der Waals surface area contributed by atoms with Crippen LogP contribution in [-0.4, -0.2) is 17.2 Å². The molecule has 1 fully saturated rings. The number of aryl methyl sites for hydroxylation is 1. The van der Waals surface area contributed by atoms with Crippen molar-refractivity contribution in [3.8, 4) is 0 Å². The molecule has 0 saturated heterocycles. The largest absolute Gasteiger partial charge is 0.372 e. The number of nitrogens with zero attached hydrogens (tertiary/aromatic N) is 2. The van der Waals surface area contributed by atoms with Gasteiger partial charge in [-0.3, -0.25) is 0 Å². The fourth-order valence-electron chi connectivity index (χ4n) is 1.87. The molecule has 14 heavy (non-hydrogen) atoms. The second kappa shape index (κ2) is 3.95. The zero-order valence-electron chi connectivity index (χ0n) is 8.88. The van der Waals surface area contributed by atoms with Crippen molar-refractivity contribution in [2.24, 2.45) is 0 Å². The zero-order chi connectivity index (χ0) is 9.97. The van der Waals surface area contributed by atoms with E-state index >= 15 is 0 Å². The van der Waals surface area contributed by atoms with Gasteiger partial charge in [-0.2, -0.15) is 5.10 Å². The Morgan fingerprint density at radius 3 is 2.71 bits per heavy atom. The van der Waals surface area contributed by atoms with Crippen LogP contribution in [-0.2, 0) is 6.42 Å². The predicted octanol–water partition coefficient (Wildman–Crippen LogP) is 2.35. The van der Waals surface area contributed by atoms with Gasteiger partial charge >= 0.3 is 0 Å². The van der Waals surface area contributed by atoms with Crippen molar-refractivity contribution in [3.63, 3.8) is 0 Å². The van der Waals surface area contributed by atoms with Crippen LogP contribution in [0.3, 0.4) is 0 Å². The molecule has 1 heterocycles. The van der Waals surface area contributed by atoms with E-state index in [1.165, 1.54) is 30.5 Å². The SMILES string of the molecule is CCc1cc(NC)nnc1C1CCC1. The molecule has 3 nitrogen and oxygen atoms in total. The molecule has 0 amide bonds. The van der Waals surface area contributed by atoms with E-state index in [-0.39, 0.29) is 0 Å². The maximum atomic E-state index is 4.33. The minimum atomic E-state index is 0.684. The Morgan fingerprint density at radius 2 is 2.21 bits per heavy atom. The third-order valence-corrected chi connectivity index (χ3v) is 3.03. The van der Waals surface area contributed by atoms with E-state index in [0.29, 0.717) is 5.92 Å². The number of hydrogen-bond donors (Lipinski definition) is 1. The Balaban J connectivity index is 2.29. The number of rotatable bonds is 3. The average molecular weight is 191 g/mol. The highest BCUT2D eigenvalue weighted by Gasteiger charge is 2.23. The topological polar surface area (TPSA) is 37.8 Å². The average Bonchev–Trinajstić information content (AvgIpc) is 2.16. The van der Waals surface area contributed by atoms with Crippen molar-refractivity contribution >= 4 is 5.82 Å². The lowest BCUT2D eigenvalue weighted by atomic mass is 9.81. The van der Waals surface area contributed by atoms with Gasteiger partial charge in [-0.05, 0) is 30.9 Å². The first-order chi connectivity index (χ1) is 6.85. The van der Waals surface area contributed by atoms with Crippen LogP contribution < -0.4 is 5.32 Å². The monoisotopic (exact) mass is 191 g/mol. The summed E-state index contributed by atoms with van der Waals surface area (Å²) in [5, 5.41) is 11.5. The number of anilines is 1. The third-order valence-electron chi connectivity index (χ3n) is 3.03. The van der Waals surface area contributed by atoms with E-state index in [9.17, 15) is 0 Å². The van der Waals surface area contributed by atoms with Crippen molar-refractivity contribution < 1.29 is 0 Å². The maximum Gasteiger partial charge on any atom is 0.148 e. The second-order valence-electron chi connectivity index (χ2n) is 3.87. The van der Waals surface area contributed by atoms with Crippen molar-refractivity contribution in [1.82, 2.24) is 10.2 Å². The van der Waals surface area contributed by atoms with E-state index < -0.39 is 0 Å². The molecule has 1 N–H and O–H groups in total. The Hall–Kier alpha value is -1.12. The summed E-state index contributed by atoms with van der Waals surface area (Å²) < 4.78 is 0. The minimum Gasteiger partial charge on any atom is -0.372 e. The van der Waals surface area contributed by atoms with Gasteiger partial charge in [-0.15, -0.1) is 5.10 Å². The molecule has 1 saturated carbocycles. The second-order valence-corrected chi connectivity index (χ2v) is 3.87. The summed E-state index contributed by atoms with van der Waals surface area (Å²) in [5.41, 5.74) is 2.59. The Bertz CT molecular complexity index is 318. The predicted molar refractivity (Wildman–Crippen MR) is 57.5 cm³/mol. The molecular formula is C11H17N3. The molecule has 0 radical (unpaired) electrons. The summed E-state index contributed by atoms with van der Waals surface area (Å²) in [6.45, 7) is 2.18. The first-order valence-electron chi connectivity index (χ1n) is 5.39. The molecule has 0 aromatic carbocycles. The summed E-state index contributed by atoms with van der Waals surface area (Å²) in [6.07, 6.45) is 4.99. The minimum absolute atomic E-state index is 0.684. The molecular weight excluding hydrogens is 174 g/mol. The van der Waals surface area contributed by atoms with Gasteiger partial charge in [0.2, 0.25) is 0 Å². The number of nitrogens with one attached hydrogen (secondary N) is 1. The highest BCUT2D eigenvalue weighted by molar-refractivity contribution is 5.38. The van der Waals surface area contributed by atoms with E-state index in [2.05, 4.69) is 28.5 Å². The maximum absolute atomic E-state index is 4.33. The first kappa shape index (κ1) is 9.44. The van der Waals surface area contributed by atoms with Gasteiger partial charge in [0.05, 0.1) is 5.69 Å². The molecule has 3 heteroatoms. The molecule has 0 bridgehead atoms. The van der Waals surface area contributed by atoms with Crippen LogP contribution in [0.5, 0.6) is 0 Å². The van der Waals surface area contributed by atoms with Gasteiger partial charge in [0.15, 0.2) is 0 Å². The standard InChI is InChI=1S/C11H17N3/c1-3-8-7-10(12-2)13-14-11(8)9-5-4-6-9/h7,9H,3-6H2,1-2H3,(H,12,13). The summed E-state index contributed by atoms with van der Waals surface area (Å²) in [5.74, 6) is 1.56. The number of aromatic nitrogens is 2. The van der Waals surface area contributed by atoms with Crippen LogP contribution in [0, 0.1) is 0 Å². The van der Waals surface area contributed by atoms with Crippen LogP contribution in [0.15, 0.2) is 6.07 Å². The molecule has 0 unspecified atom stereocenters.